The summed E-state index contributed by atoms with van der Waals surface area (Å²) in [6.45, 7) is 2.07. The number of amides is 1. The first kappa shape index (κ1) is 11.7. The van der Waals surface area contributed by atoms with Gasteiger partial charge < -0.3 is 14.8 Å². The molecule has 6 heteroatoms. The van der Waals surface area contributed by atoms with Crippen LogP contribution in [-0.2, 0) is 10.3 Å². The maximum absolute atomic E-state index is 11.2. The number of carbonyl (C=O) groups is 1. The van der Waals surface area contributed by atoms with Crippen molar-refractivity contribution in [2.24, 2.45) is 0 Å². The zero-order valence-corrected chi connectivity index (χ0v) is 10.6. The molecule has 1 saturated heterocycles. The molecule has 1 unspecified atom stereocenters. The van der Waals surface area contributed by atoms with E-state index in [1.54, 1.807) is 13.3 Å². The van der Waals surface area contributed by atoms with Crippen molar-refractivity contribution >= 4 is 17.0 Å². The number of carbonyl (C=O) groups excluding carboxylic acids is 1. The molecule has 2 heterocycles. The summed E-state index contributed by atoms with van der Waals surface area (Å²) in [5.41, 5.74) is 0.124. The molecular weight excluding hydrogens is 246 g/mol. The van der Waals surface area contributed by atoms with Crippen molar-refractivity contribution in [3.63, 3.8) is 0 Å². The Kier molecular flexibility index (Phi) is 2.51. The highest BCUT2D eigenvalue weighted by atomic mass is 16.6. The maximum Gasteiger partial charge on any atom is 0.408 e. The van der Waals surface area contributed by atoms with Crippen LogP contribution >= 0.6 is 0 Å². The molecule has 2 aromatic rings. The van der Waals surface area contributed by atoms with Crippen LogP contribution in [0.1, 0.15) is 12.7 Å². The number of rotatable bonds is 2. The highest BCUT2D eigenvalue weighted by Gasteiger charge is 2.39. The summed E-state index contributed by atoms with van der Waals surface area (Å²) < 4.78 is 10.1. The van der Waals surface area contributed by atoms with Crippen LogP contribution in [0.2, 0.25) is 0 Å². The van der Waals surface area contributed by atoms with Gasteiger partial charge in [-0.05, 0) is 25.1 Å². The van der Waals surface area contributed by atoms with E-state index >= 15 is 0 Å². The van der Waals surface area contributed by atoms with Crippen LogP contribution in [0.5, 0.6) is 5.75 Å². The van der Waals surface area contributed by atoms with E-state index in [9.17, 15) is 4.79 Å². The number of aromatic nitrogens is 2. The standard InChI is InChI=1S/C13H13N3O3/c1-13(7-19-12(17)16-13)11-14-6-8-5-9(18-2)3-4-10(8)15-11/h3-6H,7H2,1-2H3,(H,16,17). The van der Waals surface area contributed by atoms with Gasteiger partial charge in [-0.1, -0.05) is 0 Å². The van der Waals surface area contributed by atoms with Gasteiger partial charge in [0.1, 0.15) is 17.9 Å². The van der Waals surface area contributed by atoms with Crippen LogP contribution in [0, 0.1) is 0 Å². The Labute approximate surface area is 109 Å². The van der Waals surface area contributed by atoms with Crippen LogP contribution < -0.4 is 10.1 Å². The largest absolute Gasteiger partial charge is 0.497 e. The molecule has 0 aliphatic carbocycles. The maximum atomic E-state index is 11.2. The first-order valence-electron chi connectivity index (χ1n) is 5.87. The van der Waals surface area contributed by atoms with Crippen molar-refractivity contribution in [3.05, 3.63) is 30.2 Å². The molecule has 1 atom stereocenters. The second-order valence-corrected chi connectivity index (χ2v) is 4.65. The fraction of sp³-hybridized carbons (Fsp3) is 0.308. The molecule has 1 aromatic carbocycles. The van der Waals surface area contributed by atoms with Crippen molar-refractivity contribution in [1.82, 2.24) is 15.3 Å². The lowest BCUT2D eigenvalue weighted by molar-refractivity contribution is 0.172. The molecule has 6 nitrogen and oxygen atoms in total. The average Bonchev–Trinajstić information content (AvgIpc) is 2.78. The molecule has 0 bridgehead atoms. The minimum absolute atomic E-state index is 0.230. The second kappa shape index (κ2) is 4.08. The topological polar surface area (TPSA) is 73.3 Å². The third-order valence-electron chi connectivity index (χ3n) is 3.15. The van der Waals surface area contributed by atoms with Crippen molar-refractivity contribution in [2.75, 3.05) is 13.7 Å². The highest BCUT2D eigenvalue weighted by molar-refractivity contribution is 5.79. The van der Waals surface area contributed by atoms with E-state index in [1.165, 1.54) is 0 Å². The molecule has 0 spiro atoms. The third-order valence-corrected chi connectivity index (χ3v) is 3.15. The van der Waals surface area contributed by atoms with Gasteiger partial charge in [-0.15, -0.1) is 0 Å². The van der Waals surface area contributed by atoms with Crippen molar-refractivity contribution in [3.8, 4) is 5.75 Å². The number of fused-ring (bicyclic) bond motifs is 1. The summed E-state index contributed by atoms with van der Waals surface area (Å²) in [5, 5.41) is 3.61. The molecule has 1 N–H and O–H groups in total. The smallest absolute Gasteiger partial charge is 0.408 e. The van der Waals surface area contributed by atoms with Gasteiger partial charge in [-0.2, -0.15) is 0 Å². The van der Waals surface area contributed by atoms with Crippen LogP contribution in [-0.4, -0.2) is 29.8 Å². The molecule has 3 rings (SSSR count). The minimum Gasteiger partial charge on any atom is -0.497 e. The Morgan fingerprint density at radius 2 is 2.32 bits per heavy atom. The number of cyclic esters (lactones) is 1. The van der Waals surface area contributed by atoms with E-state index < -0.39 is 11.6 Å². The molecule has 1 amide bonds. The fourth-order valence-corrected chi connectivity index (χ4v) is 2.03. The molecule has 1 aliphatic heterocycles. The molecule has 1 aliphatic rings. The van der Waals surface area contributed by atoms with Gasteiger partial charge in [0.15, 0.2) is 5.82 Å². The van der Waals surface area contributed by atoms with Gasteiger partial charge in [0.25, 0.3) is 0 Å². The number of hydrogen-bond acceptors (Lipinski definition) is 5. The van der Waals surface area contributed by atoms with Crippen molar-refractivity contribution in [1.29, 1.82) is 0 Å². The monoisotopic (exact) mass is 259 g/mol. The Morgan fingerprint density at radius 3 is 3.00 bits per heavy atom. The van der Waals surface area contributed by atoms with Gasteiger partial charge in [-0.25, -0.2) is 14.8 Å². The highest BCUT2D eigenvalue weighted by Crippen LogP contribution is 2.25. The van der Waals surface area contributed by atoms with Crippen LogP contribution in [0.4, 0.5) is 4.79 Å². The third kappa shape index (κ3) is 1.95. The predicted octanol–water partition coefficient (Wildman–Crippen LogP) is 1.59. The number of nitrogens with zero attached hydrogens (tertiary/aromatic N) is 2. The number of benzene rings is 1. The summed E-state index contributed by atoms with van der Waals surface area (Å²) in [6.07, 6.45) is 1.27. The Bertz CT molecular complexity index is 659. The second-order valence-electron chi connectivity index (χ2n) is 4.65. The number of methoxy groups -OCH3 is 1. The van der Waals surface area contributed by atoms with E-state index in [1.807, 2.05) is 25.1 Å². The lowest BCUT2D eigenvalue weighted by Crippen LogP contribution is -2.39. The van der Waals surface area contributed by atoms with Gasteiger partial charge in [0.05, 0.1) is 12.6 Å². The van der Waals surface area contributed by atoms with Gasteiger partial charge in [-0.3, -0.25) is 0 Å². The Balaban J connectivity index is 2.05. The molecule has 19 heavy (non-hydrogen) atoms. The van der Waals surface area contributed by atoms with Crippen molar-refractivity contribution in [2.45, 2.75) is 12.5 Å². The van der Waals surface area contributed by atoms with Crippen LogP contribution in [0.25, 0.3) is 10.9 Å². The number of alkyl carbamates (subject to hydrolysis) is 1. The Morgan fingerprint density at radius 1 is 1.47 bits per heavy atom. The number of nitrogens with one attached hydrogen (secondary N) is 1. The van der Waals surface area contributed by atoms with E-state index in [-0.39, 0.29) is 6.61 Å². The molecule has 1 fully saturated rings. The molecule has 0 radical (unpaired) electrons. The first-order chi connectivity index (χ1) is 9.10. The predicted molar refractivity (Wildman–Crippen MR) is 67.9 cm³/mol. The first-order valence-corrected chi connectivity index (χ1v) is 5.87. The molecule has 1 aromatic heterocycles. The SMILES string of the molecule is COc1ccc2nc(C3(C)COC(=O)N3)ncc2c1. The normalized spacial score (nSPS) is 22.1. The van der Waals surface area contributed by atoms with Gasteiger partial charge >= 0.3 is 6.09 Å². The quantitative estimate of drug-likeness (QED) is 0.886. The zero-order chi connectivity index (χ0) is 13.5. The van der Waals surface area contributed by atoms with Crippen LogP contribution in [0.15, 0.2) is 24.4 Å². The number of hydrogen-bond donors (Lipinski definition) is 1. The van der Waals surface area contributed by atoms with Gasteiger partial charge in [0, 0.05) is 11.6 Å². The van der Waals surface area contributed by atoms with E-state index in [4.69, 9.17) is 9.47 Å². The number of ether oxygens (including phenoxy) is 2. The summed E-state index contributed by atoms with van der Waals surface area (Å²) >= 11 is 0. The lowest BCUT2D eigenvalue weighted by atomic mass is 10.0. The fourth-order valence-electron chi connectivity index (χ4n) is 2.03. The lowest BCUT2D eigenvalue weighted by Gasteiger charge is -2.19. The zero-order valence-electron chi connectivity index (χ0n) is 10.6. The molecular formula is C13H13N3O3. The summed E-state index contributed by atoms with van der Waals surface area (Å²) in [7, 11) is 1.61. The van der Waals surface area contributed by atoms with Crippen LogP contribution in [0.3, 0.4) is 0 Å². The molecule has 98 valence electrons. The minimum atomic E-state index is -0.675. The average molecular weight is 259 g/mol. The summed E-state index contributed by atoms with van der Waals surface area (Å²) in [6, 6.07) is 5.57. The van der Waals surface area contributed by atoms with E-state index in [0.29, 0.717) is 5.82 Å². The van der Waals surface area contributed by atoms with E-state index in [0.717, 1.165) is 16.7 Å². The van der Waals surface area contributed by atoms with Gasteiger partial charge in [0.2, 0.25) is 0 Å². The molecule has 0 saturated carbocycles. The summed E-state index contributed by atoms with van der Waals surface area (Å²) in [5.74, 6) is 1.29. The van der Waals surface area contributed by atoms with E-state index in [2.05, 4.69) is 15.3 Å². The Hall–Kier alpha value is -2.37. The van der Waals surface area contributed by atoms with Crippen molar-refractivity contribution < 1.29 is 14.3 Å². The summed E-state index contributed by atoms with van der Waals surface area (Å²) in [4.78, 5) is 20.0.